The molecule has 1 N–H and O–H groups in total. The lowest BCUT2D eigenvalue weighted by Crippen LogP contribution is -2.35. The molecule has 138 valence electrons. The van der Waals surface area contributed by atoms with Gasteiger partial charge in [-0.15, -0.1) is 0 Å². The Balaban J connectivity index is 2.13. The Morgan fingerprint density at radius 2 is 2.12 bits per heavy atom. The van der Waals surface area contributed by atoms with Crippen LogP contribution in [0.1, 0.15) is 43.5 Å². The summed E-state index contributed by atoms with van der Waals surface area (Å²) in [4.78, 5) is 25.3. The molecule has 25 heavy (non-hydrogen) atoms. The molecule has 1 fully saturated rings. The van der Waals surface area contributed by atoms with Crippen LogP contribution in [0.3, 0.4) is 0 Å². The van der Waals surface area contributed by atoms with Crippen LogP contribution < -0.4 is 10.2 Å². The van der Waals surface area contributed by atoms with Gasteiger partial charge < -0.3 is 15.0 Å². The van der Waals surface area contributed by atoms with Gasteiger partial charge in [0.05, 0.1) is 16.2 Å². The maximum atomic E-state index is 12.6. The number of hydrogen-bond acceptors (Lipinski definition) is 5. The molecule has 1 aliphatic rings. The van der Waals surface area contributed by atoms with Crippen molar-refractivity contribution >= 4 is 17.3 Å². The monoisotopic (exact) mass is 349 g/mol. The highest BCUT2D eigenvalue weighted by Gasteiger charge is 2.23. The van der Waals surface area contributed by atoms with Crippen LogP contribution in [0.25, 0.3) is 0 Å². The smallest absolute Gasteiger partial charge is 0.270 e. The van der Waals surface area contributed by atoms with E-state index in [4.69, 9.17) is 4.74 Å². The quantitative estimate of drug-likeness (QED) is 0.443. The molecule has 1 heterocycles. The summed E-state index contributed by atoms with van der Waals surface area (Å²) in [5.41, 5.74) is 1.09. The van der Waals surface area contributed by atoms with Crippen LogP contribution >= 0.6 is 0 Å². The highest BCUT2D eigenvalue weighted by molar-refractivity contribution is 6.00. The minimum absolute atomic E-state index is 0.0615. The van der Waals surface area contributed by atoms with E-state index in [0.29, 0.717) is 37.7 Å². The first kappa shape index (κ1) is 19.2. The molecular formula is C18H27N3O4. The van der Waals surface area contributed by atoms with E-state index in [1.54, 1.807) is 6.07 Å². The van der Waals surface area contributed by atoms with Gasteiger partial charge in [-0.3, -0.25) is 14.9 Å². The van der Waals surface area contributed by atoms with Crippen molar-refractivity contribution < 1.29 is 14.5 Å². The molecule has 0 atom stereocenters. The predicted molar refractivity (Wildman–Crippen MR) is 97.2 cm³/mol. The van der Waals surface area contributed by atoms with E-state index in [1.165, 1.54) is 12.1 Å². The molecule has 7 nitrogen and oxygen atoms in total. The van der Waals surface area contributed by atoms with Crippen LogP contribution in [-0.4, -0.2) is 43.7 Å². The molecule has 1 aromatic carbocycles. The van der Waals surface area contributed by atoms with Gasteiger partial charge in [0.1, 0.15) is 0 Å². The lowest BCUT2D eigenvalue weighted by Gasteiger charge is -2.33. The lowest BCUT2D eigenvalue weighted by molar-refractivity contribution is -0.384. The Bertz CT molecular complexity index is 598. The molecule has 0 bridgehead atoms. The van der Waals surface area contributed by atoms with E-state index < -0.39 is 4.92 Å². The molecular weight excluding hydrogens is 322 g/mol. The van der Waals surface area contributed by atoms with E-state index >= 15 is 0 Å². The van der Waals surface area contributed by atoms with Gasteiger partial charge in [-0.1, -0.05) is 6.92 Å². The van der Waals surface area contributed by atoms with Gasteiger partial charge >= 0.3 is 0 Å². The fourth-order valence-corrected chi connectivity index (χ4v) is 2.96. The first-order valence-electron chi connectivity index (χ1n) is 8.92. The topological polar surface area (TPSA) is 84.7 Å². The van der Waals surface area contributed by atoms with Gasteiger partial charge in [-0.25, -0.2) is 0 Å². The van der Waals surface area contributed by atoms with Crippen molar-refractivity contribution in [3.05, 3.63) is 33.9 Å². The van der Waals surface area contributed by atoms with Gasteiger partial charge in [-0.2, -0.15) is 0 Å². The Hall–Kier alpha value is -2.15. The molecule has 1 amide bonds. The van der Waals surface area contributed by atoms with Gasteiger partial charge in [0, 0.05) is 45.0 Å². The van der Waals surface area contributed by atoms with Crippen LogP contribution in [0, 0.1) is 16.0 Å². The number of anilines is 1. The molecule has 0 saturated carbocycles. The average molecular weight is 349 g/mol. The highest BCUT2D eigenvalue weighted by Crippen LogP contribution is 2.29. The van der Waals surface area contributed by atoms with Crippen LogP contribution in [0.2, 0.25) is 0 Å². The summed E-state index contributed by atoms with van der Waals surface area (Å²) in [6.45, 7) is 7.59. The molecule has 0 unspecified atom stereocenters. The number of benzene rings is 1. The summed E-state index contributed by atoms with van der Waals surface area (Å²) in [7, 11) is 0. The van der Waals surface area contributed by atoms with E-state index in [-0.39, 0.29) is 11.6 Å². The fraction of sp³-hybridized carbons (Fsp3) is 0.611. The van der Waals surface area contributed by atoms with E-state index in [9.17, 15) is 14.9 Å². The Kier molecular flexibility index (Phi) is 7.18. The minimum atomic E-state index is -0.464. The normalized spacial score (nSPS) is 15.2. The van der Waals surface area contributed by atoms with Crippen molar-refractivity contribution in [2.24, 2.45) is 5.92 Å². The molecule has 2 rings (SSSR count). The van der Waals surface area contributed by atoms with E-state index in [2.05, 4.69) is 17.1 Å². The minimum Gasteiger partial charge on any atom is -0.382 e. The number of nitrogens with zero attached hydrogens (tertiary/aromatic N) is 2. The number of rotatable bonds is 8. The molecule has 1 saturated heterocycles. The Morgan fingerprint density at radius 3 is 2.76 bits per heavy atom. The van der Waals surface area contributed by atoms with Gasteiger partial charge in [-0.05, 0) is 38.2 Å². The van der Waals surface area contributed by atoms with Crippen LogP contribution in [0.4, 0.5) is 11.4 Å². The third-order valence-electron chi connectivity index (χ3n) is 4.52. The second-order valence-electron chi connectivity index (χ2n) is 6.43. The van der Waals surface area contributed by atoms with Crippen molar-refractivity contribution in [2.45, 2.75) is 33.1 Å². The van der Waals surface area contributed by atoms with Crippen molar-refractivity contribution in [3.63, 3.8) is 0 Å². The van der Waals surface area contributed by atoms with Gasteiger partial charge in [0.2, 0.25) is 0 Å². The summed E-state index contributed by atoms with van der Waals surface area (Å²) >= 11 is 0. The first-order chi connectivity index (χ1) is 12.0. The van der Waals surface area contributed by atoms with Crippen molar-refractivity contribution in [1.29, 1.82) is 0 Å². The van der Waals surface area contributed by atoms with E-state index in [0.717, 1.165) is 31.6 Å². The van der Waals surface area contributed by atoms with E-state index in [1.807, 2.05) is 6.92 Å². The molecule has 7 heteroatoms. The van der Waals surface area contributed by atoms with Crippen LogP contribution in [-0.2, 0) is 4.74 Å². The molecule has 0 spiro atoms. The zero-order chi connectivity index (χ0) is 18.2. The Morgan fingerprint density at radius 1 is 1.40 bits per heavy atom. The van der Waals surface area contributed by atoms with Gasteiger partial charge in [0.15, 0.2) is 0 Å². The first-order valence-corrected chi connectivity index (χ1v) is 8.92. The molecule has 0 radical (unpaired) electrons. The lowest BCUT2D eigenvalue weighted by atomic mass is 9.98. The summed E-state index contributed by atoms with van der Waals surface area (Å²) in [6.07, 6.45) is 2.84. The SMILES string of the molecule is CCOCCCNC(=O)c1cc([N+](=O)[O-])ccc1N1CCC(C)CC1. The third kappa shape index (κ3) is 5.42. The van der Waals surface area contributed by atoms with Crippen molar-refractivity contribution in [2.75, 3.05) is 37.7 Å². The Labute approximate surface area is 148 Å². The fourth-order valence-electron chi connectivity index (χ4n) is 2.96. The number of nitro benzene ring substituents is 1. The second kappa shape index (κ2) is 9.36. The zero-order valence-electron chi connectivity index (χ0n) is 15.0. The standard InChI is InChI=1S/C18H27N3O4/c1-3-25-12-4-9-19-18(22)16-13-15(21(23)24)5-6-17(16)20-10-7-14(2)8-11-20/h5-6,13-14H,3-4,7-12H2,1-2H3,(H,19,22). The number of carbonyl (C=O) groups excluding carboxylic acids is 1. The average Bonchev–Trinajstić information content (AvgIpc) is 2.61. The number of ether oxygens (including phenoxy) is 1. The summed E-state index contributed by atoms with van der Waals surface area (Å²) in [6, 6.07) is 4.55. The number of nitrogens with one attached hydrogen (secondary N) is 1. The summed E-state index contributed by atoms with van der Waals surface area (Å²) < 4.78 is 5.25. The van der Waals surface area contributed by atoms with Gasteiger partial charge in [0.25, 0.3) is 11.6 Å². The maximum Gasteiger partial charge on any atom is 0.270 e. The van der Waals surface area contributed by atoms with Crippen LogP contribution in [0.5, 0.6) is 0 Å². The largest absolute Gasteiger partial charge is 0.382 e. The number of amides is 1. The molecule has 1 aromatic rings. The molecule has 1 aliphatic heterocycles. The van der Waals surface area contributed by atoms with Crippen molar-refractivity contribution in [1.82, 2.24) is 5.32 Å². The summed E-state index contributed by atoms with van der Waals surface area (Å²) in [5.74, 6) is 0.402. The van der Waals surface area contributed by atoms with Crippen LogP contribution in [0.15, 0.2) is 18.2 Å². The predicted octanol–water partition coefficient (Wildman–Crippen LogP) is 2.99. The number of hydrogen-bond donors (Lipinski definition) is 1. The molecule has 0 aliphatic carbocycles. The number of non-ortho nitro benzene ring substituents is 1. The summed E-state index contributed by atoms with van der Waals surface area (Å²) in [5, 5.41) is 13.9. The molecule has 0 aromatic heterocycles. The zero-order valence-corrected chi connectivity index (χ0v) is 15.0. The second-order valence-corrected chi connectivity index (χ2v) is 6.43. The number of piperidine rings is 1. The van der Waals surface area contributed by atoms with Crippen molar-refractivity contribution in [3.8, 4) is 0 Å². The third-order valence-corrected chi connectivity index (χ3v) is 4.52. The maximum absolute atomic E-state index is 12.6. The number of carbonyl (C=O) groups is 1. The highest BCUT2D eigenvalue weighted by atomic mass is 16.6. The number of nitro groups is 1.